The van der Waals surface area contributed by atoms with Gasteiger partial charge in [-0.2, -0.15) is 5.10 Å². The number of carbonyl (C=O) groups excluding carboxylic acids is 3. The molecule has 3 rings (SSSR count). The van der Waals surface area contributed by atoms with Gasteiger partial charge in [0.2, 0.25) is 11.8 Å². The van der Waals surface area contributed by atoms with Crippen molar-refractivity contribution in [2.24, 2.45) is 0 Å². The van der Waals surface area contributed by atoms with Crippen LogP contribution in [0.2, 0.25) is 0 Å². The van der Waals surface area contributed by atoms with Crippen molar-refractivity contribution in [2.45, 2.75) is 38.8 Å². The summed E-state index contributed by atoms with van der Waals surface area (Å²) in [6.07, 6.45) is 6.04. The second-order valence-electron chi connectivity index (χ2n) is 7.06. The van der Waals surface area contributed by atoms with Gasteiger partial charge in [0.1, 0.15) is 18.4 Å². The average Bonchev–Trinajstić information content (AvgIpc) is 3.14. The zero-order valence-corrected chi connectivity index (χ0v) is 16.2. The Balaban J connectivity index is 1.50. The number of benzene rings is 1. The molecule has 1 fully saturated rings. The van der Waals surface area contributed by atoms with Crippen LogP contribution in [0.3, 0.4) is 0 Å². The van der Waals surface area contributed by atoms with Crippen molar-refractivity contribution >= 4 is 23.4 Å². The van der Waals surface area contributed by atoms with Crippen LogP contribution in [0, 0.1) is 5.82 Å². The molecule has 1 unspecified atom stereocenters. The van der Waals surface area contributed by atoms with E-state index in [4.69, 9.17) is 0 Å². The Morgan fingerprint density at radius 3 is 2.52 bits per heavy atom. The van der Waals surface area contributed by atoms with E-state index in [2.05, 4.69) is 15.7 Å². The first-order chi connectivity index (χ1) is 13.9. The summed E-state index contributed by atoms with van der Waals surface area (Å²) >= 11 is 0. The second kappa shape index (κ2) is 9.31. The van der Waals surface area contributed by atoms with Gasteiger partial charge in [-0.1, -0.05) is 0 Å². The number of hydrogen-bond donors (Lipinski definition) is 2. The lowest BCUT2D eigenvalue weighted by atomic mass is 10.1. The molecule has 1 aromatic carbocycles. The Kier molecular flexibility index (Phi) is 6.58. The number of carbonyl (C=O) groups is 3. The normalized spacial score (nSPS) is 14.9. The highest BCUT2D eigenvalue weighted by atomic mass is 19.1. The van der Waals surface area contributed by atoms with Crippen molar-refractivity contribution in [2.75, 3.05) is 18.4 Å². The van der Waals surface area contributed by atoms with Crippen molar-refractivity contribution in [1.29, 1.82) is 0 Å². The van der Waals surface area contributed by atoms with Crippen molar-refractivity contribution in [1.82, 2.24) is 20.0 Å². The quantitative estimate of drug-likeness (QED) is 0.771. The van der Waals surface area contributed by atoms with Crippen molar-refractivity contribution in [3.63, 3.8) is 0 Å². The molecule has 1 aliphatic heterocycles. The maximum Gasteiger partial charge on any atom is 0.255 e. The number of hydrogen-bond acceptors (Lipinski definition) is 4. The van der Waals surface area contributed by atoms with Gasteiger partial charge in [-0.3, -0.25) is 19.1 Å². The lowest BCUT2D eigenvalue weighted by molar-refractivity contribution is -0.136. The SMILES string of the molecule is CC(NC(=O)Cn1cc(NC(=O)c2ccc(F)cc2)cn1)C(=O)N1CCCCC1. The summed E-state index contributed by atoms with van der Waals surface area (Å²) in [6.45, 7) is 3.06. The fourth-order valence-electron chi connectivity index (χ4n) is 3.20. The molecule has 2 heterocycles. The first-order valence-corrected chi connectivity index (χ1v) is 9.60. The summed E-state index contributed by atoms with van der Waals surface area (Å²) < 4.78 is 14.3. The van der Waals surface area contributed by atoms with Gasteiger partial charge in [0.05, 0.1) is 11.9 Å². The smallest absolute Gasteiger partial charge is 0.255 e. The molecule has 0 spiro atoms. The van der Waals surface area contributed by atoms with Gasteiger partial charge >= 0.3 is 0 Å². The van der Waals surface area contributed by atoms with Crippen LogP contribution in [0.5, 0.6) is 0 Å². The van der Waals surface area contributed by atoms with Crippen LogP contribution in [-0.2, 0) is 16.1 Å². The van der Waals surface area contributed by atoms with Crippen LogP contribution in [0.15, 0.2) is 36.7 Å². The summed E-state index contributed by atoms with van der Waals surface area (Å²) in [5.74, 6) is -1.25. The maximum atomic E-state index is 12.9. The van der Waals surface area contributed by atoms with E-state index >= 15 is 0 Å². The Morgan fingerprint density at radius 1 is 1.14 bits per heavy atom. The Bertz CT molecular complexity index is 874. The molecule has 1 saturated heterocycles. The van der Waals surface area contributed by atoms with Crippen LogP contribution in [0.4, 0.5) is 10.1 Å². The van der Waals surface area contributed by atoms with Crippen molar-refractivity contribution in [3.8, 4) is 0 Å². The Morgan fingerprint density at radius 2 is 1.83 bits per heavy atom. The third kappa shape index (κ3) is 5.63. The zero-order chi connectivity index (χ0) is 20.8. The monoisotopic (exact) mass is 401 g/mol. The first kappa shape index (κ1) is 20.5. The molecule has 8 nitrogen and oxygen atoms in total. The van der Waals surface area contributed by atoms with Gasteiger partial charge in [0, 0.05) is 24.8 Å². The second-order valence-corrected chi connectivity index (χ2v) is 7.06. The van der Waals surface area contributed by atoms with Gasteiger partial charge in [0.15, 0.2) is 0 Å². The number of rotatable bonds is 6. The van der Waals surface area contributed by atoms with Crippen molar-refractivity contribution in [3.05, 3.63) is 48.0 Å². The minimum Gasteiger partial charge on any atom is -0.343 e. The molecular formula is C20H24FN5O3. The molecule has 2 N–H and O–H groups in total. The van der Waals surface area contributed by atoms with E-state index in [9.17, 15) is 18.8 Å². The van der Waals surface area contributed by atoms with Gasteiger partial charge < -0.3 is 15.5 Å². The number of nitrogens with one attached hydrogen (secondary N) is 2. The molecule has 29 heavy (non-hydrogen) atoms. The maximum absolute atomic E-state index is 12.9. The Hall–Kier alpha value is -3.23. The van der Waals surface area contributed by atoms with E-state index < -0.39 is 17.8 Å². The summed E-state index contributed by atoms with van der Waals surface area (Å²) in [6, 6.07) is 4.56. The molecule has 9 heteroatoms. The topological polar surface area (TPSA) is 96.3 Å². The van der Waals surface area contributed by atoms with E-state index in [1.165, 1.54) is 41.3 Å². The van der Waals surface area contributed by atoms with Crippen LogP contribution in [0.25, 0.3) is 0 Å². The highest BCUT2D eigenvalue weighted by Gasteiger charge is 2.23. The van der Waals surface area contributed by atoms with Crippen molar-refractivity contribution < 1.29 is 18.8 Å². The highest BCUT2D eigenvalue weighted by Crippen LogP contribution is 2.11. The lowest BCUT2D eigenvalue weighted by Crippen LogP contribution is -2.49. The van der Waals surface area contributed by atoms with Gasteiger partial charge in [-0.05, 0) is 50.5 Å². The number of anilines is 1. The van der Waals surface area contributed by atoms with E-state index in [1.807, 2.05) is 0 Å². The molecule has 2 aromatic rings. The highest BCUT2D eigenvalue weighted by molar-refractivity contribution is 6.04. The van der Waals surface area contributed by atoms with Crippen LogP contribution >= 0.6 is 0 Å². The van der Waals surface area contributed by atoms with Crippen LogP contribution in [0.1, 0.15) is 36.5 Å². The standard InChI is InChI=1S/C20H24FN5O3/c1-14(20(29)25-9-3-2-4-10-25)23-18(27)13-26-12-17(11-22-26)24-19(28)15-5-7-16(21)8-6-15/h5-8,11-12,14H,2-4,9-10,13H2,1H3,(H,23,27)(H,24,28). The summed E-state index contributed by atoms with van der Waals surface area (Å²) in [4.78, 5) is 38.5. The minimum absolute atomic E-state index is 0.0780. The largest absolute Gasteiger partial charge is 0.343 e. The van der Waals surface area contributed by atoms with E-state index in [0.717, 1.165) is 32.4 Å². The molecule has 0 aliphatic carbocycles. The molecule has 1 aliphatic rings. The fourth-order valence-corrected chi connectivity index (χ4v) is 3.20. The predicted octanol–water partition coefficient (Wildman–Crippen LogP) is 1.79. The molecule has 1 atom stereocenters. The molecule has 0 bridgehead atoms. The number of piperidine rings is 1. The summed E-state index contributed by atoms with van der Waals surface area (Å²) in [7, 11) is 0. The molecule has 154 valence electrons. The number of likely N-dealkylation sites (tertiary alicyclic amines) is 1. The van der Waals surface area contributed by atoms with Crippen LogP contribution < -0.4 is 10.6 Å². The number of amides is 3. The van der Waals surface area contributed by atoms with Gasteiger partial charge in [0.25, 0.3) is 5.91 Å². The minimum atomic E-state index is -0.603. The number of nitrogens with zero attached hydrogens (tertiary/aromatic N) is 3. The van der Waals surface area contributed by atoms with E-state index in [1.54, 1.807) is 11.8 Å². The molecule has 1 aromatic heterocycles. The molecule has 0 radical (unpaired) electrons. The first-order valence-electron chi connectivity index (χ1n) is 9.60. The summed E-state index contributed by atoms with van der Waals surface area (Å²) in [5, 5.41) is 9.37. The Labute approximate surface area is 168 Å². The lowest BCUT2D eigenvalue weighted by Gasteiger charge is -2.29. The van der Waals surface area contributed by atoms with E-state index in [-0.39, 0.29) is 18.4 Å². The predicted molar refractivity (Wildman–Crippen MR) is 105 cm³/mol. The average molecular weight is 401 g/mol. The van der Waals surface area contributed by atoms with E-state index in [0.29, 0.717) is 11.3 Å². The molecular weight excluding hydrogens is 377 g/mol. The fraction of sp³-hybridized carbons (Fsp3) is 0.400. The third-order valence-corrected chi connectivity index (χ3v) is 4.72. The third-order valence-electron chi connectivity index (χ3n) is 4.72. The molecule has 3 amide bonds. The van der Waals surface area contributed by atoms with Gasteiger partial charge in [-0.25, -0.2) is 4.39 Å². The zero-order valence-electron chi connectivity index (χ0n) is 16.2. The number of aromatic nitrogens is 2. The number of halogens is 1. The summed E-state index contributed by atoms with van der Waals surface area (Å²) in [5.41, 5.74) is 0.714. The van der Waals surface area contributed by atoms with Crippen LogP contribution in [-0.4, -0.2) is 51.5 Å². The van der Waals surface area contributed by atoms with Gasteiger partial charge in [-0.15, -0.1) is 0 Å². The molecule has 0 saturated carbocycles.